The standard InChI is InChI=1S/C14H18N2O3/c1-2-9-15-11-13(17)16(10-8-14(18)19)12-6-4-3-5-7-12/h2-7,15H,1,8-11H2,(H,18,19). The van der Waals surface area contributed by atoms with Gasteiger partial charge >= 0.3 is 5.97 Å². The maximum Gasteiger partial charge on any atom is 0.305 e. The third-order valence-corrected chi connectivity index (χ3v) is 2.48. The van der Waals surface area contributed by atoms with Crippen LogP contribution in [0.2, 0.25) is 0 Å². The Morgan fingerprint density at radius 3 is 2.58 bits per heavy atom. The van der Waals surface area contributed by atoms with E-state index in [9.17, 15) is 9.59 Å². The van der Waals surface area contributed by atoms with Crippen LogP contribution in [0, 0.1) is 0 Å². The summed E-state index contributed by atoms with van der Waals surface area (Å²) in [4.78, 5) is 24.2. The first-order valence-corrected chi connectivity index (χ1v) is 6.04. The molecule has 0 aromatic heterocycles. The molecule has 5 heteroatoms. The number of hydrogen-bond donors (Lipinski definition) is 2. The van der Waals surface area contributed by atoms with Crippen molar-refractivity contribution in [3.63, 3.8) is 0 Å². The normalized spacial score (nSPS) is 9.89. The van der Waals surface area contributed by atoms with Gasteiger partial charge in [0.25, 0.3) is 0 Å². The molecule has 0 saturated heterocycles. The van der Waals surface area contributed by atoms with E-state index < -0.39 is 5.97 Å². The molecular formula is C14H18N2O3. The van der Waals surface area contributed by atoms with Crippen LogP contribution in [-0.2, 0) is 9.59 Å². The van der Waals surface area contributed by atoms with E-state index in [1.54, 1.807) is 18.2 Å². The van der Waals surface area contributed by atoms with Crippen molar-refractivity contribution in [3.8, 4) is 0 Å². The molecule has 0 aliphatic rings. The lowest BCUT2D eigenvalue weighted by Crippen LogP contribution is -2.39. The van der Waals surface area contributed by atoms with Gasteiger partial charge in [-0.1, -0.05) is 24.3 Å². The van der Waals surface area contributed by atoms with Crippen LogP contribution < -0.4 is 10.2 Å². The van der Waals surface area contributed by atoms with Gasteiger partial charge in [0.15, 0.2) is 0 Å². The molecule has 2 N–H and O–H groups in total. The lowest BCUT2D eigenvalue weighted by molar-refractivity contribution is -0.136. The highest BCUT2D eigenvalue weighted by Gasteiger charge is 2.15. The number of para-hydroxylation sites is 1. The van der Waals surface area contributed by atoms with Gasteiger partial charge in [0.05, 0.1) is 13.0 Å². The van der Waals surface area contributed by atoms with Gasteiger partial charge in [-0.25, -0.2) is 0 Å². The topological polar surface area (TPSA) is 69.6 Å². The van der Waals surface area contributed by atoms with Crippen molar-refractivity contribution in [2.75, 3.05) is 24.5 Å². The lowest BCUT2D eigenvalue weighted by Gasteiger charge is -2.22. The summed E-state index contributed by atoms with van der Waals surface area (Å²) in [5.41, 5.74) is 0.703. The summed E-state index contributed by atoms with van der Waals surface area (Å²) >= 11 is 0. The summed E-state index contributed by atoms with van der Waals surface area (Å²) in [5, 5.41) is 11.7. The number of rotatable bonds is 8. The van der Waals surface area contributed by atoms with Crippen molar-refractivity contribution in [3.05, 3.63) is 43.0 Å². The van der Waals surface area contributed by atoms with E-state index in [1.165, 1.54) is 4.90 Å². The number of nitrogens with zero attached hydrogens (tertiary/aromatic N) is 1. The largest absolute Gasteiger partial charge is 0.481 e. The van der Waals surface area contributed by atoms with E-state index in [-0.39, 0.29) is 25.4 Å². The third-order valence-electron chi connectivity index (χ3n) is 2.48. The minimum atomic E-state index is -0.923. The smallest absolute Gasteiger partial charge is 0.305 e. The zero-order chi connectivity index (χ0) is 14.1. The van der Waals surface area contributed by atoms with Gasteiger partial charge < -0.3 is 15.3 Å². The zero-order valence-corrected chi connectivity index (χ0v) is 10.7. The molecule has 1 rings (SSSR count). The summed E-state index contributed by atoms with van der Waals surface area (Å²) in [6.45, 7) is 4.40. The van der Waals surface area contributed by atoms with Gasteiger partial charge in [0, 0.05) is 18.8 Å². The minimum Gasteiger partial charge on any atom is -0.481 e. The fourth-order valence-electron chi connectivity index (χ4n) is 1.59. The van der Waals surface area contributed by atoms with Gasteiger partial charge in [-0.15, -0.1) is 6.58 Å². The number of nitrogens with one attached hydrogen (secondary N) is 1. The van der Waals surface area contributed by atoms with Crippen LogP contribution in [0.5, 0.6) is 0 Å². The minimum absolute atomic E-state index is 0.0813. The van der Waals surface area contributed by atoms with E-state index in [0.717, 1.165) is 0 Å². The van der Waals surface area contributed by atoms with Crippen LogP contribution >= 0.6 is 0 Å². The molecule has 0 heterocycles. The number of anilines is 1. The highest BCUT2D eigenvalue weighted by molar-refractivity contribution is 5.95. The number of carboxylic acid groups (broad SMARTS) is 1. The molecule has 1 amide bonds. The highest BCUT2D eigenvalue weighted by Crippen LogP contribution is 2.13. The highest BCUT2D eigenvalue weighted by atomic mass is 16.4. The Morgan fingerprint density at radius 1 is 1.32 bits per heavy atom. The average Bonchev–Trinajstić information content (AvgIpc) is 2.40. The first-order valence-electron chi connectivity index (χ1n) is 6.04. The van der Waals surface area contributed by atoms with Crippen molar-refractivity contribution in [1.29, 1.82) is 0 Å². The van der Waals surface area contributed by atoms with Crippen molar-refractivity contribution < 1.29 is 14.7 Å². The summed E-state index contributed by atoms with van der Waals surface area (Å²) in [7, 11) is 0. The molecule has 0 bridgehead atoms. The second kappa shape index (κ2) is 8.05. The fourth-order valence-corrected chi connectivity index (χ4v) is 1.59. The van der Waals surface area contributed by atoms with E-state index in [2.05, 4.69) is 11.9 Å². The second-order valence-electron chi connectivity index (χ2n) is 3.94. The summed E-state index contributed by atoms with van der Waals surface area (Å²) in [6, 6.07) is 9.04. The molecular weight excluding hydrogens is 244 g/mol. The molecule has 0 atom stereocenters. The number of aliphatic carboxylic acids is 1. The second-order valence-corrected chi connectivity index (χ2v) is 3.94. The molecule has 0 fully saturated rings. The van der Waals surface area contributed by atoms with E-state index >= 15 is 0 Å². The Hall–Kier alpha value is -2.14. The van der Waals surface area contributed by atoms with Crippen molar-refractivity contribution in [1.82, 2.24) is 5.32 Å². The zero-order valence-electron chi connectivity index (χ0n) is 10.7. The number of hydrogen-bond acceptors (Lipinski definition) is 3. The molecule has 0 radical (unpaired) electrons. The number of carboxylic acids is 1. The summed E-state index contributed by atoms with van der Waals surface area (Å²) < 4.78 is 0. The van der Waals surface area contributed by atoms with Gasteiger partial charge in [-0.05, 0) is 12.1 Å². The average molecular weight is 262 g/mol. The van der Waals surface area contributed by atoms with Gasteiger partial charge in [-0.2, -0.15) is 0 Å². The first kappa shape index (κ1) is 14.9. The van der Waals surface area contributed by atoms with E-state index in [1.807, 2.05) is 18.2 Å². The van der Waals surface area contributed by atoms with Crippen LogP contribution in [0.3, 0.4) is 0 Å². The molecule has 0 unspecified atom stereocenters. The van der Waals surface area contributed by atoms with Crippen LogP contribution in [0.25, 0.3) is 0 Å². The van der Waals surface area contributed by atoms with Crippen molar-refractivity contribution in [2.24, 2.45) is 0 Å². The Kier molecular flexibility index (Phi) is 6.32. The molecule has 1 aromatic carbocycles. The van der Waals surface area contributed by atoms with Gasteiger partial charge in [0.1, 0.15) is 0 Å². The van der Waals surface area contributed by atoms with Crippen LogP contribution in [0.4, 0.5) is 5.69 Å². The monoisotopic (exact) mass is 262 g/mol. The SMILES string of the molecule is C=CCNCC(=O)N(CCC(=O)O)c1ccccc1. The van der Waals surface area contributed by atoms with E-state index in [4.69, 9.17) is 5.11 Å². The van der Waals surface area contributed by atoms with Crippen molar-refractivity contribution >= 4 is 17.6 Å². The first-order chi connectivity index (χ1) is 9.15. The van der Waals surface area contributed by atoms with Gasteiger partial charge in [-0.3, -0.25) is 9.59 Å². The van der Waals surface area contributed by atoms with Crippen LogP contribution in [-0.4, -0.2) is 36.6 Å². The number of amides is 1. The summed E-state index contributed by atoms with van der Waals surface area (Å²) in [6.07, 6.45) is 1.58. The molecule has 0 aliphatic heterocycles. The van der Waals surface area contributed by atoms with Crippen LogP contribution in [0.15, 0.2) is 43.0 Å². The molecule has 102 valence electrons. The molecule has 0 saturated carbocycles. The number of carbonyl (C=O) groups excluding carboxylic acids is 1. The number of benzene rings is 1. The van der Waals surface area contributed by atoms with Crippen molar-refractivity contribution in [2.45, 2.75) is 6.42 Å². The molecule has 0 spiro atoms. The Balaban J connectivity index is 2.71. The predicted octanol–water partition coefficient (Wildman–Crippen LogP) is 1.27. The fraction of sp³-hybridized carbons (Fsp3) is 0.286. The molecule has 5 nitrogen and oxygen atoms in total. The Morgan fingerprint density at radius 2 is 2.00 bits per heavy atom. The molecule has 0 aliphatic carbocycles. The maximum atomic E-state index is 12.1. The van der Waals surface area contributed by atoms with E-state index in [0.29, 0.717) is 12.2 Å². The predicted molar refractivity (Wildman–Crippen MR) is 74.1 cm³/mol. The molecule has 1 aromatic rings. The number of carbonyl (C=O) groups is 2. The lowest BCUT2D eigenvalue weighted by atomic mass is 10.2. The van der Waals surface area contributed by atoms with Crippen LogP contribution in [0.1, 0.15) is 6.42 Å². The summed E-state index contributed by atoms with van der Waals surface area (Å²) in [5.74, 6) is -1.08. The maximum absolute atomic E-state index is 12.1. The Bertz CT molecular complexity index is 432. The Labute approximate surface area is 112 Å². The molecule has 19 heavy (non-hydrogen) atoms. The third kappa shape index (κ3) is 5.35. The van der Waals surface area contributed by atoms with Gasteiger partial charge in [0.2, 0.25) is 5.91 Å². The quantitative estimate of drug-likeness (QED) is 0.547.